The number of morpholine rings is 1. The first-order valence-corrected chi connectivity index (χ1v) is 12.9. The fourth-order valence-corrected chi connectivity index (χ4v) is 6.20. The number of nitrogens with one attached hydrogen (secondary N) is 3. The van der Waals surface area contributed by atoms with Crippen LogP contribution in [0.3, 0.4) is 0 Å². The van der Waals surface area contributed by atoms with E-state index < -0.39 is 16.1 Å². The molecule has 2 fully saturated rings. The van der Waals surface area contributed by atoms with Crippen LogP contribution in [0.25, 0.3) is 0 Å². The first kappa shape index (κ1) is 24.6. The van der Waals surface area contributed by atoms with E-state index in [1.54, 1.807) is 12.1 Å². The van der Waals surface area contributed by atoms with E-state index in [4.69, 9.17) is 4.74 Å². The highest BCUT2D eigenvalue weighted by atomic mass is 32.2. The number of hydrogen-bond acceptors (Lipinski definition) is 7. The van der Waals surface area contributed by atoms with Crippen molar-refractivity contribution in [2.75, 3.05) is 18.4 Å². The van der Waals surface area contributed by atoms with Crippen LogP contribution in [0.5, 0.6) is 5.75 Å². The van der Waals surface area contributed by atoms with Gasteiger partial charge in [0.15, 0.2) is 0 Å². The molecule has 2 aromatic rings. The lowest BCUT2D eigenvalue weighted by molar-refractivity contribution is -0.117. The third-order valence-electron chi connectivity index (χ3n) is 6.22. The van der Waals surface area contributed by atoms with Gasteiger partial charge in [0, 0.05) is 24.3 Å². The van der Waals surface area contributed by atoms with Crippen LogP contribution in [-0.2, 0) is 19.6 Å². The molecule has 184 valence electrons. The molecular weight excluding hydrogens is 456 g/mol. The minimum absolute atomic E-state index is 0.168. The molecule has 0 bridgehead atoms. The standard InChI is InChI=1S/C24H32N4O5S/c1-14-9-15(2)23(29)20(10-14)21-11-22(27-26-21)24(30)25-18-5-7-19(8-6-18)34(31,32)28-12-16(3)33-17(4)13-28/h5-10,16-17,21-22,26-27,29H,11-13H2,1-4H3,(H,25,30). The topological polar surface area (TPSA) is 120 Å². The Morgan fingerprint density at radius 2 is 1.74 bits per heavy atom. The number of aromatic hydroxyl groups is 1. The fraction of sp³-hybridized carbons (Fsp3) is 0.458. The number of hydrazine groups is 1. The molecule has 2 aliphatic rings. The molecule has 4 unspecified atom stereocenters. The normalized spacial score (nSPS) is 25.9. The summed E-state index contributed by atoms with van der Waals surface area (Å²) in [7, 11) is -3.64. The summed E-state index contributed by atoms with van der Waals surface area (Å²) in [4.78, 5) is 13.0. The van der Waals surface area contributed by atoms with Crippen molar-refractivity contribution < 1.29 is 23.1 Å². The largest absolute Gasteiger partial charge is 0.507 e. The lowest BCUT2D eigenvalue weighted by Gasteiger charge is -2.34. The molecule has 0 aliphatic carbocycles. The number of aryl methyl sites for hydroxylation is 2. The maximum Gasteiger partial charge on any atom is 0.243 e. The molecule has 34 heavy (non-hydrogen) atoms. The summed E-state index contributed by atoms with van der Waals surface area (Å²) in [6.45, 7) is 8.14. The maximum atomic E-state index is 13.0. The first-order valence-electron chi connectivity index (χ1n) is 11.4. The Balaban J connectivity index is 1.40. The van der Waals surface area contributed by atoms with Gasteiger partial charge in [0.25, 0.3) is 0 Å². The van der Waals surface area contributed by atoms with Crippen molar-refractivity contribution in [1.29, 1.82) is 0 Å². The van der Waals surface area contributed by atoms with Crippen LogP contribution in [0.2, 0.25) is 0 Å². The number of carbonyl (C=O) groups excluding carboxylic acids is 1. The molecule has 0 radical (unpaired) electrons. The molecule has 10 heteroatoms. The number of hydrogen-bond donors (Lipinski definition) is 4. The summed E-state index contributed by atoms with van der Waals surface area (Å²) >= 11 is 0. The average Bonchev–Trinajstić information content (AvgIpc) is 3.26. The van der Waals surface area contributed by atoms with Gasteiger partial charge in [-0.15, -0.1) is 0 Å². The Labute approximate surface area is 200 Å². The summed E-state index contributed by atoms with van der Waals surface area (Å²) in [5.41, 5.74) is 9.17. The van der Waals surface area contributed by atoms with Gasteiger partial charge in [0.1, 0.15) is 11.8 Å². The predicted molar refractivity (Wildman–Crippen MR) is 129 cm³/mol. The first-order chi connectivity index (χ1) is 16.0. The second-order valence-corrected chi connectivity index (χ2v) is 11.2. The van der Waals surface area contributed by atoms with Crippen molar-refractivity contribution in [3.8, 4) is 5.75 Å². The second kappa shape index (κ2) is 9.63. The van der Waals surface area contributed by atoms with Gasteiger partial charge >= 0.3 is 0 Å². The zero-order valence-corrected chi connectivity index (χ0v) is 20.6. The van der Waals surface area contributed by atoms with Crippen LogP contribution in [0.4, 0.5) is 5.69 Å². The number of nitrogens with zero attached hydrogens (tertiary/aromatic N) is 1. The zero-order chi connectivity index (χ0) is 24.6. The molecule has 4 rings (SSSR count). The van der Waals surface area contributed by atoms with Crippen LogP contribution >= 0.6 is 0 Å². The Morgan fingerprint density at radius 3 is 2.38 bits per heavy atom. The van der Waals surface area contributed by atoms with Crippen molar-refractivity contribution in [3.63, 3.8) is 0 Å². The van der Waals surface area contributed by atoms with E-state index in [2.05, 4.69) is 16.2 Å². The monoisotopic (exact) mass is 488 g/mol. The van der Waals surface area contributed by atoms with E-state index in [1.807, 2.05) is 39.8 Å². The summed E-state index contributed by atoms with van der Waals surface area (Å²) < 4.78 is 33.1. The van der Waals surface area contributed by atoms with Gasteiger partial charge in [-0.25, -0.2) is 19.3 Å². The van der Waals surface area contributed by atoms with Gasteiger partial charge in [-0.2, -0.15) is 4.31 Å². The number of phenols is 1. The van der Waals surface area contributed by atoms with Crippen LogP contribution in [0.15, 0.2) is 41.3 Å². The molecule has 0 saturated carbocycles. The SMILES string of the molecule is Cc1cc(C)c(O)c(C2CC(C(=O)Nc3ccc(S(=O)(=O)N4CC(C)OC(C)C4)cc3)NN2)c1. The van der Waals surface area contributed by atoms with Gasteiger partial charge in [0.2, 0.25) is 15.9 Å². The molecular formula is C24H32N4O5S. The molecule has 4 N–H and O–H groups in total. The highest BCUT2D eigenvalue weighted by molar-refractivity contribution is 7.89. The summed E-state index contributed by atoms with van der Waals surface area (Å²) in [5.74, 6) is -0.0166. The number of anilines is 1. The highest BCUT2D eigenvalue weighted by Gasteiger charge is 2.33. The Kier molecular flexibility index (Phi) is 6.97. The molecule has 0 aromatic heterocycles. The molecule has 2 heterocycles. The van der Waals surface area contributed by atoms with Gasteiger partial charge in [0.05, 0.1) is 23.1 Å². The molecule has 2 saturated heterocycles. The highest BCUT2D eigenvalue weighted by Crippen LogP contribution is 2.33. The number of rotatable bonds is 5. The van der Waals surface area contributed by atoms with Crippen LogP contribution < -0.4 is 16.2 Å². The molecule has 4 atom stereocenters. The van der Waals surface area contributed by atoms with E-state index in [0.29, 0.717) is 25.2 Å². The van der Waals surface area contributed by atoms with E-state index in [1.165, 1.54) is 16.4 Å². The predicted octanol–water partition coefficient (Wildman–Crippen LogP) is 2.35. The zero-order valence-electron chi connectivity index (χ0n) is 19.8. The van der Waals surface area contributed by atoms with E-state index >= 15 is 0 Å². The minimum atomic E-state index is -3.64. The van der Waals surface area contributed by atoms with Gasteiger partial charge in [-0.1, -0.05) is 17.7 Å². The molecule has 1 amide bonds. The molecule has 2 aromatic carbocycles. The van der Waals surface area contributed by atoms with Crippen molar-refractivity contribution in [2.45, 2.75) is 63.3 Å². The van der Waals surface area contributed by atoms with Gasteiger partial charge < -0.3 is 15.2 Å². The molecule has 0 spiro atoms. The Bertz CT molecular complexity index is 1160. The van der Waals surface area contributed by atoms with E-state index in [0.717, 1.165) is 16.7 Å². The number of carbonyl (C=O) groups is 1. The third kappa shape index (κ3) is 5.11. The van der Waals surface area contributed by atoms with Crippen molar-refractivity contribution >= 4 is 21.6 Å². The molecule has 9 nitrogen and oxygen atoms in total. The number of benzene rings is 2. The number of ether oxygens (including phenoxy) is 1. The third-order valence-corrected chi connectivity index (χ3v) is 8.06. The molecule has 2 aliphatic heterocycles. The maximum absolute atomic E-state index is 13.0. The smallest absolute Gasteiger partial charge is 0.243 e. The number of phenolic OH excluding ortho intramolecular Hbond substituents is 1. The quantitative estimate of drug-likeness (QED) is 0.510. The lowest BCUT2D eigenvalue weighted by atomic mass is 9.96. The van der Waals surface area contributed by atoms with Gasteiger partial charge in [-0.05, 0) is 63.9 Å². The van der Waals surface area contributed by atoms with Crippen molar-refractivity contribution in [1.82, 2.24) is 15.2 Å². The average molecular weight is 489 g/mol. The number of amides is 1. The van der Waals surface area contributed by atoms with Crippen molar-refractivity contribution in [3.05, 3.63) is 53.1 Å². The van der Waals surface area contributed by atoms with E-state index in [-0.39, 0.29) is 34.8 Å². The van der Waals surface area contributed by atoms with Crippen LogP contribution in [0, 0.1) is 13.8 Å². The Hall–Kier alpha value is -2.50. The van der Waals surface area contributed by atoms with Gasteiger partial charge in [-0.3, -0.25) is 4.79 Å². The van der Waals surface area contributed by atoms with Crippen molar-refractivity contribution in [2.24, 2.45) is 0 Å². The van der Waals surface area contributed by atoms with Crippen LogP contribution in [0.1, 0.15) is 43.0 Å². The fourth-order valence-electron chi connectivity index (χ4n) is 4.61. The van der Waals surface area contributed by atoms with Crippen LogP contribution in [-0.4, -0.2) is 55.1 Å². The lowest BCUT2D eigenvalue weighted by Crippen LogP contribution is -2.48. The summed E-state index contributed by atoms with van der Waals surface area (Å²) in [6, 6.07) is 9.30. The summed E-state index contributed by atoms with van der Waals surface area (Å²) in [5, 5.41) is 13.3. The van der Waals surface area contributed by atoms with E-state index in [9.17, 15) is 18.3 Å². The minimum Gasteiger partial charge on any atom is -0.507 e. The number of sulfonamides is 1. The Morgan fingerprint density at radius 1 is 1.09 bits per heavy atom. The second-order valence-electron chi connectivity index (χ2n) is 9.24. The summed E-state index contributed by atoms with van der Waals surface area (Å²) in [6.07, 6.45) is 0.125.